The number of aryl methyl sites for hydroxylation is 1. The Morgan fingerprint density at radius 2 is 1.89 bits per heavy atom. The summed E-state index contributed by atoms with van der Waals surface area (Å²) in [5, 5.41) is 7.16. The molecule has 0 aliphatic rings. The van der Waals surface area contributed by atoms with Gasteiger partial charge in [-0.3, -0.25) is 9.59 Å². The van der Waals surface area contributed by atoms with Gasteiger partial charge in [-0.2, -0.15) is 5.10 Å². The van der Waals surface area contributed by atoms with Crippen LogP contribution in [0.25, 0.3) is 10.8 Å². The van der Waals surface area contributed by atoms with E-state index in [1.807, 2.05) is 0 Å². The number of carbonyl (C=O) groups is 2. The molecule has 0 fully saturated rings. The van der Waals surface area contributed by atoms with Crippen LogP contribution < -0.4 is 10.9 Å². The molecule has 27 heavy (non-hydrogen) atoms. The molecule has 1 amide bonds. The molecule has 3 aromatic rings. The lowest BCUT2D eigenvalue weighted by Gasteiger charge is -2.10. The van der Waals surface area contributed by atoms with Crippen LogP contribution in [0.15, 0.2) is 53.3 Å². The number of ether oxygens (including phenoxy) is 1. The molecule has 0 saturated heterocycles. The smallest absolute Gasteiger partial charge is 0.359 e. The number of rotatable bonds is 5. The van der Waals surface area contributed by atoms with Crippen LogP contribution in [0.4, 0.5) is 10.1 Å². The van der Waals surface area contributed by atoms with Crippen LogP contribution in [0.1, 0.15) is 17.4 Å². The van der Waals surface area contributed by atoms with Crippen molar-refractivity contribution in [3.05, 3.63) is 70.4 Å². The molecule has 0 saturated carbocycles. The van der Waals surface area contributed by atoms with Gasteiger partial charge in [-0.25, -0.2) is 13.9 Å². The van der Waals surface area contributed by atoms with Gasteiger partial charge >= 0.3 is 5.97 Å². The number of anilines is 1. The van der Waals surface area contributed by atoms with E-state index < -0.39 is 24.3 Å². The van der Waals surface area contributed by atoms with Crippen LogP contribution in [-0.4, -0.2) is 28.3 Å². The number of carbonyl (C=O) groups excluding carboxylic acids is 2. The zero-order valence-electron chi connectivity index (χ0n) is 14.4. The topological polar surface area (TPSA) is 90.3 Å². The van der Waals surface area contributed by atoms with Crippen molar-refractivity contribution in [2.45, 2.75) is 13.5 Å². The molecule has 0 unspecified atom stereocenters. The predicted octanol–water partition coefficient (Wildman–Crippen LogP) is 2.35. The molecule has 0 atom stereocenters. The van der Waals surface area contributed by atoms with Crippen molar-refractivity contribution in [1.82, 2.24) is 9.78 Å². The number of nitrogens with zero attached hydrogens (tertiary/aromatic N) is 2. The number of amides is 1. The van der Waals surface area contributed by atoms with E-state index in [4.69, 9.17) is 4.74 Å². The Bertz CT molecular complexity index is 1080. The summed E-state index contributed by atoms with van der Waals surface area (Å²) in [6.07, 6.45) is 0. The van der Waals surface area contributed by atoms with E-state index in [1.165, 1.54) is 18.2 Å². The maximum Gasteiger partial charge on any atom is 0.359 e. The number of aromatic nitrogens is 2. The fourth-order valence-corrected chi connectivity index (χ4v) is 2.56. The second-order valence-electron chi connectivity index (χ2n) is 5.65. The molecule has 0 radical (unpaired) electrons. The number of benzene rings is 2. The summed E-state index contributed by atoms with van der Waals surface area (Å²) >= 11 is 0. The number of hydrogen-bond donors (Lipinski definition) is 1. The van der Waals surface area contributed by atoms with Gasteiger partial charge in [-0.05, 0) is 31.2 Å². The molecule has 0 bridgehead atoms. The summed E-state index contributed by atoms with van der Waals surface area (Å²) in [6, 6.07) is 11.9. The second kappa shape index (κ2) is 7.77. The highest BCUT2D eigenvalue weighted by molar-refractivity contribution is 6.03. The van der Waals surface area contributed by atoms with Gasteiger partial charge in [0, 0.05) is 17.6 Å². The van der Waals surface area contributed by atoms with Crippen LogP contribution >= 0.6 is 0 Å². The highest BCUT2D eigenvalue weighted by atomic mass is 19.1. The van der Waals surface area contributed by atoms with Crippen LogP contribution in [0, 0.1) is 5.82 Å². The average Bonchev–Trinajstić information content (AvgIpc) is 2.67. The molecule has 8 heteroatoms. The van der Waals surface area contributed by atoms with Gasteiger partial charge in [0.05, 0.1) is 5.39 Å². The first-order chi connectivity index (χ1) is 13.0. The zero-order valence-corrected chi connectivity index (χ0v) is 14.4. The number of esters is 1. The Labute approximate surface area is 153 Å². The van der Waals surface area contributed by atoms with Gasteiger partial charge in [-0.1, -0.05) is 24.3 Å². The summed E-state index contributed by atoms with van der Waals surface area (Å²) < 4.78 is 19.3. The number of hydrogen-bond acceptors (Lipinski definition) is 5. The van der Waals surface area contributed by atoms with E-state index in [9.17, 15) is 18.8 Å². The third-order valence-electron chi connectivity index (χ3n) is 3.80. The standard InChI is InChI=1S/C19H16FN3O4/c1-2-23-18(25)15-9-4-3-8-14(15)17(22-23)19(26)27-11-16(24)21-13-7-5-6-12(20)10-13/h3-10H,2,11H2,1H3,(H,21,24). The maximum absolute atomic E-state index is 13.1. The lowest BCUT2D eigenvalue weighted by atomic mass is 10.1. The normalized spacial score (nSPS) is 10.6. The van der Waals surface area contributed by atoms with Crippen molar-refractivity contribution in [2.75, 3.05) is 11.9 Å². The van der Waals surface area contributed by atoms with Crippen molar-refractivity contribution >= 4 is 28.3 Å². The molecule has 1 heterocycles. The van der Waals surface area contributed by atoms with Gasteiger partial charge in [0.2, 0.25) is 0 Å². The number of nitrogens with one attached hydrogen (secondary N) is 1. The molecule has 1 aromatic heterocycles. The van der Waals surface area contributed by atoms with Gasteiger partial charge in [-0.15, -0.1) is 0 Å². The van der Waals surface area contributed by atoms with Crippen LogP contribution in [0.3, 0.4) is 0 Å². The minimum absolute atomic E-state index is 0.0504. The van der Waals surface area contributed by atoms with Crippen LogP contribution in [0.2, 0.25) is 0 Å². The Morgan fingerprint density at radius 3 is 2.59 bits per heavy atom. The molecule has 138 valence electrons. The molecule has 3 rings (SSSR count). The summed E-state index contributed by atoms with van der Waals surface area (Å²) in [7, 11) is 0. The summed E-state index contributed by atoms with van der Waals surface area (Å²) in [6.45, 7) is 1.44. The lowest BCUT2D eigenvalue weighted by Crippen LogP contribution is -2.27. The van der Waals surface area contributed by atoms with E-state index >= 15 is 0 Å². The largest absolute Gasteiger partial charge is 0.451 e. The first-order valence-corrected chi connectivity index (χ1v) is 8.22. The van der Waals surface area contributed by atoms with E-state index in [2.05, 4.69) is 10.4 Å². The zero-order chi connectivity index (χ0) is 19.4. The van der Waals surface area contributed by atoms with Gasteiger partial charge in [0.1, 0.15) is 5.82 Å². The minimum atomic E-state index is -0.831. The molecule has 0 aliphatic carbocycles. The fourth-order valence-electron chi connectivity index (χ4n) is 2.56. The molecule has 1 N–H and O–H groups in total. The Kier molecular flexibility index (Phi) is 5.25. The summed E-state index contributed by atoms with van der Waals surface area (Å²) in [5.74, 6) is -1.95. The monoisotopic (exact) mass is 369 g/mol. The van der Waals surface area contributed by atoms with Crippen LogP contribution in [0.5, 0.6) is 0 Å². The number of fused-ring (bicyclic) bond motifs is 1. The SMILES string of the molecule is CCn1nc(C(=O)OCC(=O)Nc2cccc(F)c2)c2ccccc2c1=O. The first-order valence-electron chi connectivity index (χ1n) is 8.22. The van der Waals surface area contributed by atoms with Crippen molar-refractivity contribution in [3.63, 3.8) is 0 Å². The Hall–Kier alpha value is -3.55. The van der Waals surface area contributed by atoms with E-state index in [1.54, 1.807) is 31.2 Å². The van der Waals surface area contributed by atoms with Crippen molar-refractivity contribution in [2.24, 2.45) is 0 Å². The van der Waals surface area contributed by atoms with E-state index in [-0.39, 0.29) is 23.5 Å². The summed E-state index contributed by atoms with van der Waals surface area (Å²) in [5.41, 5.74) is -0.113. The average molecular weight is 369 g/mol. The third kappa shape index (κ3) is 4.00. The Balaban J connectivity index is 1.77. The molecular formula is C19H16FN3O4. The van der Waals surface area contributed by atoms with E-state index in [0.29, 0.717) is 10.8 Å². The quantitative estimate of drug-likeness (QED) is 0.697. The van der Waals surface area contributed by atoms with Gasteiger partial charge in [0.15, 0.2) is 12.3 Å². The van der Waals surface area contributed by atoms with Gasteiger partial charge < -0.3 is 10.1 Å². The Morgan fingerprint density at radius 1 is 1.15 bits per heavy atom. The first kappa shape index (κ1) is 18.2. The van der Waals surface area contributed by atoms with E-state index in [0.717, 1.165) is 10.7 Å². The highest BCUT2D eigenvalue weighted by Crippen LogP contribution is 2.14. The highest BCUT2D eigenvalue weighted by Gasteiger charge is 2.18. The summed E-state index contributed by atoms with van der Waals surface area (Å²) in [4.78, 5) is 36.6. The third-order valence-corrected chi connectivity index (χ3v) is 3.80. The van der Waals surface area contributed by atoms with Crippen molar-refractivity contribution in [3.8, 4) is 0 Å². The number of halogens is 1. The molecule has 2 aromatic carbocycles. The molecular weight excluding hydrogens is 353 g/mol. The maximum atomic E-state index is 13.1. The minimum Gasteiger partial charge on any atom is -0.451 e. The predicted molar refractivity (Wildman–Crippen MR) is 97.0 cm³/mol. The van der Waals surface area contributed by atoms with Gasteiger partial charge in [0.25, 0.3) is 11.5 Å². The van der Waals surface area contributed by atoms with Crippen LogP contribution in [-0.2, 0) is 16.1 Å². The lowest BCUT2D eigenvalue weighted by molar-refractivity contribution is -0.119. The molecule has 7 nitrogen and oxygen atoms in total. The van der Waals surface area contributed by atoms with Crippen molar-refractivity contribution in [1.29, 1.82) is 0 Å². The molecule has 0 spiro atoms. The second-order valence-corrected chi connectivity index (χ2v) is 5.65. The van der Waals surface area contributed by atoms with Crippen molar-refractivity contribution < 1.29 is 18.7 Å². The molecule has 0 aliphatic heterocycles. The fraction of sp³-hybridized carbons (Fsp3) is 0.158.